The minimum Gasteiger partial charge on any atom is -0.464 e. The Hall–Kier alpha value is -2.22. The number of ether oxygens (including phenoxy) is 1. The van der Waals surface area contributed by atoms with E-state index >= 15 is 0 Å². The quantitative estimate of drug-likeness (QED) is 0.805. The van der Waals surface area contributed by atoms with Crippen LogP contribution in [0.3, 0.4) is 0 Å². The zero-order valence-corrected chi connectivity index (χ0v) is 12.6. The third-order valence-electron chi connectivity index (χ3n) is 2.88. The smallest absolute Gasteiger partial charge is 0.360 e. The lowest BCUT2D eigenvalue weighted by atomic mass is 10.2. The standard InChI is InChI=1S/C13H16N4O3S/c1-3-10-12(13(19)20-2)15-16-17(10)8-11(18)14-7-9-5-4-6-21-9/h4-6H,3,7-8H2,1-2H3,(H,14,18). The largest absolute Gasteiger partial charge is 0.464 e. The molecule has 1 N–H and O–H groups in total. The topological polar surface area (TPSA) is 86.1 Å². The van der Waals surface area contributed by atoms with Gasteiger partial charge in [0, 0.05) is 4.88 Å². The molecular formula is C13H16N4O3S. The molecule has 2 aromatic rings. The predicted molar refractivity (Wildman–Crippen MR) is 76.9 cm³/mol. The van der Waals surface area contributed by atoms with Crippen LogP contribution in [0.4, 0.5) is 0 Å². The second kappa shape index (κ2) is 6.98. The first kappa shape index (κ1) is 15.2. The van der Waals surface area contributed by atoms with E-state index in [1.54, 1.807) is 11.3 Å². The van der Waals surface area contributed by atoms with E-state index < -0.39 is 5.97 Å². The minimum atomic E-state index is -0.544. The molecule has 0 aliphatic rings. The molecule has 0 fully saturated rings. The van der Waals surface area contributed by atoms with Crippen LogP contribution in [0.15, 0.2) is 17.5 Å². The number of methoxy groups -OCH3 is 1. The second-order valence-electron chi connectivity index (χ2n) is 4.24. The van der Waals surface area contributed by atoms with Crippen molar-refractivity contribution in [2.75, 3.05) is 7.11 Å². The third kappa shape index (κ3) is 3.66. The van der Waals surface area contributed by atoms with Crippen LogP contribution in [0.5, 0.6) is 0 Å². The van der Waals surface area contributed by atoms with Gasteiger partial charge in [0.15, 0.2) is 5.69 Å². The van der Waals surface area contributed by atoms with Gasteiger partial charge in [-0.3, -0.25) is 4.79 Å². The van der Waals surface area contributed by atoms with Crippen LogP contribution in [-0.2, 0) is 29.0 Å². The van der Waals surface area contributed by atoms with E-state index in [-0.39, 0.29) is 18.1 Å². The molecule has 21 heavy (non-hydrogen) atoms. The Balaban J connectivity index is 2.00. The first-order valence-electron chi connectivity index (χ1n) is 6.45. The maximum Gasteiger partial charge on any atom is 0.360 e. The first-order chi connectivity index (χ1) is 10.2. The number of nitrogens with one attached hydrogen (secondary N) is 1. The van der Waals surface area contributed by atoms with Gasteiger partial charge < -0.3 is 10.1 Å². The zero-order valence-electron chi connectivity index (χ0n) is 11.8. The van der Waals surface area contributed by atoms with Crippen molar-refractivity contribution in [3.05, 3.63) is 33.8 Å². The Bertz CT molecular complexity index is 621. The number of carbonyl (C=O) groups excluding carboxylic acids is 2. The van der Waals surface area contributed by atoms with Crippen molar-refractivity contribution >= 4 is 23.2 Å². The summed E-state index contributed by atoms with van der Waals surface area (Å²) in [6, 6.07) is 3.88. The number of hydrogen-bond donors (Lipinski definition) is 1. The van der Waals surface area contributed by atoms with Crippen LogP contribution < -0.4 is 5.32 Å². The highest BCUT2D eigenvalue weighted by molar-refractivity contribution is 7.09. The molecule has 0 saturated carbocycles. The number of hydrogen-bond acceptors (Lipinski definition) is 6. The van der Waals surface area contributed by atoms with Gasteiger partial charge in [-0.15, -0.1) is 16.4 Å². The summed E-state index contributed by atoms with van der Waals surface area (Å²) in [6.45, 7) is 2.38. The molecule has 0 radical (unpaired) electrons. The van der Waals surface area contributed by atoms with E-state index in [1.165, 1.54) is 11.8 Å². The number of carbonyl (C=O) groups is 2. The Morgan fingerprint density at radius 1 is 1.48 bits per heavy atom. The SMILES string of the molecule is CCc1c(C(=O)OC)nnn1CC(=O)NCc1cccs1. The fourth-order valence-corrected chi connectivity index (χ4v) is 2.50. The van der Waals surface area contributed by atoms with E-state index in [1.807, 2.05) is 24.4 Å². The molecule has 0 bridgehead atoms. The van der Waals surface area contributed by atoms with Crippen LogP contribution in [0.1, 0.15) is 28.0 Å². The van der Waals surface area contributed by atoms with E-state index in [9.17, 15) is 9.59 Å². The highest BCUT2D eigenvalue weighted by atomic mass is 32.1. The van der Waals surface area contributed by atoms with Crippen molar-refractivity contribution in [1.29, 1.82) is 0 Å². The molecule has 112 valence electrons. The molecule has 2 heterocycles. The van der Waals surface area contributed by atoms with Gasteiger partial charge in [-0.1, -0.05) is 18.2 Å². The average Bonchev–Trinajstić information content (AvgIpc) is 3.13. The molecule has 0 aromatic carbocycles. The summed E-state index contributed by atoms with van der Waals surface area (Å²) in [6.07, 6.45) is 0.537. The zero-order chi connectivity index (χ0) is 15.2. The highest BCUT2D eigenvalue weighted by Gasteiger charge is 2.20. The van der Waals surface area contributed by atoms with Crippen molar-refractivity contribution in [3.63, 3.8) is 0 Å². The molecule has 0 aliphatic heterocycles. The Morgan fingerprint density at radius 2 is 2.29 bits per heavy atom. The van der Waals surface area contributed by atoms with E-state index in [4.69, 9.17) is 0 Å². The summed E-state index contributed by atoms with van der Waals surface area (Å²) >= 11 is 1.58. The van der Waals surface area contributed by atoms with Gasteiger partial charge in [0.05, 0.1) is 19.3 Å². The molecule has 8 heteroatoms. The van der Waals surface area contributed by atoms with Gasteiger partial charge in [0.2, 0.25) is 5.91 Å². The number of nitrogens with zero attached hydrogens (tertiary/aromatic N) is 3. The molecule has 0 atom stereocenters. The fraction of sp³-hybridized carbons (Fsp3) is 0.385. The van der Waals surface area contributed by atoms with Crippen molar-refractivity contribution in [2.24, 2.45) is 0 Å². The predicted octanol–water partition coefficient (Wildman–Crippen LogP) is 1.00. The molecule has 0 unspecified atom stereocenters. The Morgan fingerprint density at radius 3 is 2.90 bits per heavy atom. The molecule has 2 rings (SSSR count). The summed E-state index contributed by atoms with van der Waals surface area (Å²) in [7, 11) is 1.29. The summed E-state index contributed by atoms with van der Waals surface area (Å²) in [5.74, 6) is -0.725. The highest BCUT2D eigenvalue weighted by Crippen LogP contribution is 2.09. The number of amides is 1. The molecule has 1 amide bonds. The van der Waals surface area contributed by atoms with Crippen LogP contribution in [0.25, 0.3) is 0 Å². The minimum absolute atomic E-state index is 0.0263. The molecule has 2 aromatic heterocycles. The van der Waals surface area contributed by atoms with Crippen molar-refractivity contribution in [1.82, 2.24) is 20.3 Å². The number of esters is 1. The van der Waals surface area contributed by atoms with Gasteiger partial charge in [-0.05, 0) is 17.9 Å². The summed E-state index contributed by atoms with van der Waals surface area (Å²) < 4.78 is 6.07. The summed E-state index contributed by atoms with van der Waals surface area (Å²) in [4.78, 5) is 24.5. The monoisotopic (exact) mass is 308 g/mol. The van der Waals surface area contributed by atoms with Gasteiger partial charge in [-0.25, -0.2) is 9.48 Å². The van der Waals surface area contributed by atoms with Crippen molar-refractivity contribution < 1.29 is 14.3 Å². The van der Waals surface area contributed by atoms with E-state index in [2.05, 4.69) is 20.4 Å². The van der Waals surface area contributed by atoms with Crippen molar-refractivity contribution in [3.8, 4) is 0 Å². The normalized spacial score (nSPS) is 10.4. The summed E-state index contributed by atoms with van der Waals surface area (Å²) in [5.41, 5.74) is 0.749. The van der Waals surface area contributed by atoms with Crippen LogP contribution in [-0.4, -0.2) is 34.0 Å². The molecule has 0 aliphatic carbocycles. The van der Waals surface area contributed by atoms with Gasteiger partial charge in [0.25, 0.3) is 0 Å². The van der Waals surface area contributed by atoms with E-state index in [0.717, 1.165) is 4.88 Å². The average molecular weight is 308 g/mol. The fourth-order valence-electron chi connectivity index (χ4n) is 1.86. The van der Waals surface area contributed by atoms with Gasteiger partial charge in [0.1, 0.15) is 6.54 Å². The lowest BCUT2D eigenvalue weighted by molar-refractivity contribution is -0.122. The maximum atomic E-state index is 11.9. The van der Waals surface area contributed by atoms with Crippen LogP contribution in [0, 0.1) is 0 Å². The number of aromatic nitrogens is 3. The number of thiophene rings is 1. The van der Waals surface area contributed by atoms with Gasteiger partial charge >= 0.3 is 5.97 Å². The van der Waals surface area contributed by atoms with E-state index in [0.29, 0.717) is 18.7 Å². The van der Waals surface area contributed by atoms with Gasteiger partial charge in [-0.2, -0.15) is 0 Å². The number of rotatable bonds is 6. The third-order valence-corrected chi connectivity index (χ3v) is 3.76. The van der Waals surface area contributed by atoms with Crippen molar-refractivity contribution in [2.45, 2.75) is 26.4 Å². The Labute approximate surface area is 125 Å². The maximum absolute atomic E-state index is 11.9. The molecule has 0 saturated heterocycles. The molecule has 7 nitrogen and oxygen atoms in total. The second-order valence-corrected chi connectivity index (χ2v) is 5.28. The molecular weight excluding hydrogens is 292 g/mol. The lowest BCUT2D eigenvalue weighted by Crippen LogP contribution is -2.28. The Kier molecular flexibility index (Phi) is 5.04. The summed E-state index contributed by atoms with van der Waals surface area (Å²) in [5, 5.41) is 12.4. The lowest BCUT2D eigenvalue weighted by Gasteiger charge is -2.06. The first-order valence-corrected chi connectivity index (χ1v) is 7.33. The van der Waals surface area contributed by atoms with Crippen LogP contribution >= 0.6 is 11.3 Å². The van der Waals surface area contributed by atoms with Crippen LogP contribution in [0.2, 0.25) is 0 Å². The molecule has 0 spiro atoms.